The van der Waals surface area contributed by atoms with E-state index in [1.165, 1.54) is 29.9 Å². The van der Waals surface area contributed by atoms with Gasteiger partial charge in [-0.05, 0) is 62.3 Å². The van der Waals surface area contributed by atoms with Crippen LogP contribution in [0.1, 0.15) is 57.1 Å². The molecule has 2 aromatic rings. The van der Waals surface area contributed by atoms with Crippen molar-refractivity contribution < 1.29 is 24.2 Å². The molecule has 0 radical (unpaired) electrons. The zero-order chi connectivity index (χ0) is 24.5. The average Bonchev–Trinajstić information content (AvgIpc) is 3.40. The van der Waals surface area contributed by atoms with Gasteiger partial charge in [-0.25, -0.2) is 9.59 Å². The quantitative estimate of drug-likeness (QED) is 0.633. The Bertz CT molecular complexity index is 1050. The van der Waals surface area contributed by atoms with Gasteiger partial charge >= 0.3 is 12.1 Å². The number of hydrogen-bond donors (Lipinski definition) is 2. The van der Waals surface area contributed by atoms with E-state index in [2.05, 4.69) is 29.6 Å². The lowest BCUT2D eigenvalue weighted by molar-refractivity contribution is -0.158. The summed E-state index contributed by atoms with van der Waals surface area (Å²) in [5, 5.41) is 12.4. The lowest BCUT2D eigenvalue weighted by Crippen LogP contribution is -2.54. The molecule has 2 aliphatic carbocycles. The van der Waals surface area contributed by atoms with Gasteiger partial charge in [0, 0.05) is 24.4 Å². The Balaban J connectivity index is 1.34. The van der Waals surface area contributed by atoms with Crippen LogP contribution in [0.5, 0.6) is 0 Å². The predicted molar refractivity (Wildman–Crippen MR) is 128 cm³/mol. The molecule has 2 aromatic carbocycles. The van der Waals surface area contributed by atoms with Crippen LogP contribution in [-0.4, -0.2) is 52.7 Å². The number of nitrogens with zero attached hydrogens (tertiary/aromatic N) is 1. The molecule has 2 unspecified atom stereocenters. The molecule has 4 rings (SSSR count). The Hall–Kier alpha value is -3.35. The summed E-state index contributed by atoms with van der Waals surface area (Å²) in [5.74, 6) is -1.52. The summed E-state index contributed by atoms with van der Waals surface area (Å²) in [7, 11) is 0. The monoisotopic (exact) mass is 464 g/mol. The topological polar surface area (TPSA) is 95.9 Å². The first-order valence-corrected chi connectivity index (χ1v) is 11.9. The molecule has 1 fully saturated rings. The number of aliphatic carboxylic acids is 1. The maximum atomic E-state index is 13.0. The van der Waals surface area contributed by atoms with Gasteiger partial charge < -0.3 is 20.1 Å². The first kappa shape index (κ1) is 23.8. The lowest BCUT2D eigenvalue weighted by atomic mass is 9.98. The largest absolute Gasteiger partial charge is 0.480 e. The summed E-state index contributed by atoms with van der Waals surface area (Å²) >= 11 is 0. The van der Waals surface area contributed by atoms with Crippen molar-refractivity contribution in [3.8, 4) is 11.1 Å². The second-order valence-corrected chi connectivity index (χ2v) is 9.62. The number of alkyl carbamates (subject to hydrolysis) is 1. The summed E-state index contributed by atoms with van der Waals surface area (Å²) < 4.78 is 5.63. The van der Waals surface area contributed by atoms with Crippen molar-refractivity contribution in [2.45, 2.75) is 57.5 Å². The van der Waals surface area contributed by atoms with Crippen LogP contribution in [0.4, 0.5) is 4.79 Å². The van der Waals surface area contributed by atoms with E-state index in [9.17, 15) is 19.5 Å². The number of carboxylic acid groups (broad SMARTS) is 1. The Kier molecular flexibility index (Phi) is 6.64. The number of ether oxygens (including phenoxy) is 1. The maximum Gasteiger partial charge on any atom is 0.407 e. The number of rotatable bonds is 7. The van der Waals surface area contributed by atoms with Crippen molar-refractivity contribution in [3.05, 3.63) is 59.7 Å². The van der Waals surface area contributed by atoms with Crippen molar-refractivity contribution in [3.63, 3.8) is 0 Å². The molecule has 2 amide bonds. The van der Waals surface area contributed by atoms with Crippen molar-refractivity contribution in [2.75, 3.05) is 13.2 Å². The van der Waals surface area contributed by atoms with Gasteiger partial charge in [0.15, 0.2) is 0 Å². The molecule has 0 aromatic heterocycles. The SMILES string of the molecule is CCN(C(=O)C1CCC(NC(=O)OCC2c3ccccc3-c3ccccc32)C1)C(C)(C)C(=O)O. The van der Waals surface area contributed by atoms with Crippen LogP contribution in [0.2, 0.25) is 0 Å². The summed E-state index contributed by atoms with van der Waals surface area (Å²) in [4.78, 5) is 38.6. The van der Waals surface area contributed by atoms with Gasteiger partial charge in [0.2, 0.25) is 5.91 Å². The van der Waals surface area contributed by atoms with Gasteiger partial charge in [-0.3, -0.25) is 4.79 Å². The van der Waals surface area contributed by atoms with Crippen molar-refractivity contribution >= 4 is 18.0 Å². The van der Waals surface area contributed by atoms with Gasteiger partial charge in [-0.1, -0.05) is 48.5 Å². The number of likely N-dealkylation sites (N-methyl/N-ethyl adjacent to an activating group) is 1. The van der Waals surface area contributed by atoms with Gasteiger partial charge in [0.25, 0.3) is 0 Å². The van der Waals surface area contributed by atoms with Crippen LogP contribution in [0.3, 0.4) is 0 Å². The second-order valence-electron chi connectivity index (χ2n) is 9.62. The Morgan fingerprint density at radius 2 is 1.62 bits per heavy atom. The Morgan fingerprint density at radius 1 is 1.03 bits per heavy atom. The lowest BCUT2D eigenvalue weighted by Gasteiger charge is -2.36. The van der Waals surface area contributed by atoms with E-state index in [1.54, 1.807) is 6.92 Å². The number of hydrogen-bond acceptors (Lipinski definition) is 4. The summed E-state index contributed by atoms with van der Waals surface area (Å²) in [6.07, 6.45) is 1.26. The molecule has 34 heavy (non-hydrogen) atoms. The van der Waals surface area contributed by atoms with E-state index in [0.29, 0.717) is 25.8 Å². The predicted octanol–water partition coefficient (Wildman–Crippen LogP) is 4.41. The summed E-state index contributed by atoms with van der Waals surface area (Å²) in [6, 6.07) is 16.2. The van der Waals surface area contributed by atoms with E-state index in [4.69, 9.17) is 4.74 Å². The number of benzene rings is 2. The Morgan fingerprint density at radius 3 is 2.18 bits per heavy atom. The van der Waals surface area contributed by atoms with Crippen LogP contribution < -0.4 is 5.32 Å². The second kappa shape index (κ2) is 9.49. The fourth-order valence-corrected chi connectivity index (χ4v) is 5.31. The first-order valence-electron chi connectivity index (χ1n) is 11.9. The third kappa shape index (κ3) is 4.39. The molecular formula is C27H32N2O5. The highest BCUT2D eigenvalue weighted by Gasteiger charge is 2.41. The molecule has 180 valence electrons. The molecule has 7 nitrogen and oxygen atoms in total. The van der Waals surface area contributed by atoms with Crippen LogP contribution in [-0.2, 0) is 14.3 Å². The minimum absolute atomic E-state index is 0.00702. The number of fused-ring (bicyclic) bond motifs is 3. The number of carbonyl (C=O) groups is 3. The molecule has 0 aliphatic heterocycles. The van der Waals surface area contributed by atoms with Gasteiger partial charge in [0.05, 0.1) is 0 Å². The standard InChI is InChI=1S/C27H32N2O5/c1-4-29(27(2,3)25(31)32)24(30)17-13-14-18(15-17)28-26(33)34-16-23-21-11-7-5-9-19(21)20-10-6-8-12-22(20)23/h5-12,17-18,23H,4,13-16H2,1-3H3,(H,28,33)(H,31,32). The van der Waals surface area contributed by atoms with E-state index < -0.39 is 17.6 Å². The van der Waals surface area contributed by atoms with Crippen molar-refractivity contribution in [1.82, 2.24) is 10.2 Å². The zero-order valence-corrected chi connectivity index (χ0v) is 19.9. The number of amides is 2. The van der Waals surface area contributed by atoms with Crippen molar-refractivity contribution in [1.29, 1.82) is 0 Å². The normalized spacial score (nSPS) is 19.3. The molecule has 0 heterocycles. The number of carbonyl (C=O) groups excluding carboxylic acids is 2. The first-order chi connectivity index (χ1) is 16.2. The molecule has 0 bridgehead atoms. The Labute approximate surface area is 200 Å². The van der Waals surface area contributed by atoms with Crippen LogP contribution in [0.15, 0.2) is 48.5 Å². The number of carboxylic acids is 1. The summed E-state index contributed by atoms with van der Waals surface area (Å²) in [5.41, 5.74) is 3.39. The molecule has 0 saturated heterocycles. The summed E-state index contributed by atoms with van der Waals surface area (Å²) in [6.45, 7) is 5.42. The molecule has 2 atom stereocenters. The maximum absolute atomic E-state index is 13.0. The van der Waals surface area contributed by atoms with E-state index in [1.807, 2.05) is 24.3 Å². The molecule has 2 N–H and O–H groups in total. The minimum atomic E-state index is -1.27. The fraction of sp³-hybridized carbons (Fsp3) is 0.444. The van der Waals surface area contributed by atoms with Crippen molar-refractivity contribution in [2.24, 2.45) is 5.92 Å². The van der Waals surface area contributed by atoms with Gasteiger partial charge in [0.1, 0.15) is 12.1 Å². The third-order valence-corrected chi connectivity index (χ3v) is 7.23. The van der Waals surface area contributed by atoms with Gasteiger partial charge in [-0.15, -0.1) is 0 Å². The molecule has 7 heteroatoms. The highest BCUT2D eigenvalue weighted by atomic mass is 16.5. The smallest absolute Gasteiger partial charge is 0.407 e. The zero-order valence-electron chi connectivity index (χ0n) is 19.9. The average molecular weight is 465 g/mol. The van der Waals surface area contributed by atoms with Gasteiger partial charge in [-0.2, -0.15) is 0 Å². The van der Waals surface area contributed by atoms with E-state index in [0.717, 1.165) is 11.1 Å². The highest BCUT2D eigenvalue weighted by molar-refractivity contribution is 5.87. The third-order valence-electron chi connectivity index (χ3n) is 7.23. The minimum Gasteiger partial charge on any atom is -0.480 e. The molecule has 2 aliphatic rings. The van der Waals surface area contributed by atoms with Crippen LogP contribution in [0, 0.1) is 5.92 Å². The number of nitrogens with one attached hydrogen (secondary N) is 1. The van der Waals surface area contributed by atoms with Crippen LogP contribution in [0.25, 0.3) is 11.1 Å². The van der Waals surface area contributed by atoms with Crippen LogP contribution >= 0.6 is 0 Å². The fourth-order valence-electron chi connectivity index (χ4n) is 5.31. The molecular weight excluding hydrogens is 432 g/mol. The molecule has 0 spiro atoms. The molecule has 1 saturated carbocycles. The highest BCUT2D eigenvalue weighted by Crippen LogP contribution is 2.44. The van der Waals surface area contributed by atoms with E-state index in [-0.39, 0.29) is 30.4 Å². The van der Waals surface area contributed by atoms with E-state index >= 15 is 0 Å².